The average Bonchev–Trinajstić information content (AvgIpc) is 2.85. The molecule has 1 atom stereocenters. The molecular weight excluding hydrogens is 276 g/mol. The minimum Gasteiger partial charge on any atom is -0.358 e. The molecule has 1 aromatic heterocycles. The summed E-state index contributed by atoms with van der Waals surface area (Å²) in [7, 11) is 0. The summed E-state index contributed by atoms with van der Waals surface area (Å²) in [6, 6.07) is 6.47. The van der Waals surface area contributed by atoms with Crippen molar-refractivity contribution in [3.8, 4) is 0 Å². The Labute approximate surface area is 130 Å². The summed E-state index contributed by atoms with van der Waals surface area (Å²) in [4.78, 5) is 15.2. The smallest absolute Gasteiger partial charge is 0.319 e. The second-order valence-corrected chi connectivity index (χ2v) is 5.82. The zero-order chi connectivity index (χ0) is 15.5. The molecule has 3 rings (SSSR count). The molecule has 0 bridgehead atoms. The Morgan fingerprint density at radius 2 is 2.18 bits per heavy atom. The maximum Gasteiger partial charge on any atom is 0.319 e. The third-order valence-electron chi connectivity index (χ3n) is 4.28. The number of carbonyl (C=O) groups is 1. The van der Waals surface area contributed by atoms with Crippen LogP contribution in [0, 0.1) is 0 Å². The van der Waals surface area contributed by atoms with Crippen LogP contribution in [-0.2, 0) is 12.8 Å². The highest BCUT2D eigenvalue weighted by molar-refractivity contribution is 5.94. The van der Waals surface area contributed by atoms with Crippen LogP contribution in [-0.4, -0.2) is 30.1 Å². The van der Waals surface area contributed by atoms with Gasteiger partial charge in [-0.05, 0) is 56.5 Å². The summed E-state index contributed by atoms with van der Waals surface area (Å²) in [6.45, 7) is 5.69. The molecule has 1 unspecified atom stereocenters. The topological polar surface area (TPSA) is 69.0 Å². The van der Waals surface area contributed by atoms with Crippen molar-refractivity contribution in [1.29, 1.82) is 0 Å². The van der Waals surface area contributed by atoms with Gasteiger partial charge in [-0.25, -0.2) is 4.79 Å². The zero-order valence-corrected chi connectivity index (χ0v) is 13.3. The first-order valence-corrected chi connectivity index (χ1v) is 8.13. The van der Waals surface area contributed by atoms with Crippen molar-refractivity contribution in [2.75, 3.05) is 18.4 Å². The number of amides is 2. The summed E-state index contributed by atoms with van der Waals surface area (Å²) in [5.74, 6) is 0. The van der Waals surface area contributed by atoms with Gasteiger partial charge in [0.1, 0.15) is 0 Å². The zero-order valence-electron chi connectivity index (χ0n) is 13.3. The molecule has 118 valence electrons. The number of H-pyrrole nitrogens is 1. The molecule has 0 saturated heterocycles. The van der Waals surface area contributed by atoms with E-state index < -0.39 is 0 Å². The van der Waals surface area contributed by atoms with Crippen LogP contribution < -0.4 is 16.0 Å². The molecule has 1 aromatic carbocycles. The Morgan fingerprint density at radius 1 is 1.32 bits per heavy atom. The minimum absolute atomic E-state index is 0.156. The third-order valence-corrected chi connectivity index (χ3v) is 4.28. The van der Waals surface area contributed by atoms with Crippen LogP contribution in [0.2, 0.25) is 0 Å². The maximum atomic E-state index is 11.7. The van der Waals surface area contributed by atoms with Gasteiger partial charge in [-0.2, -0.15) is 0 Å². The molecule has 0 radical (unpaired) electrons. The molecule has 1 heterocycles. The van der Waals surface area contributed by atoms with E-state index >= 15 is 0 Å². The summed E-state index contributed by atoms with van der Waals surface area (Å²) in [6.07, 6.45) is 3.31. The molecule has 22 heavy (non-hydrogen) atoms. The van der Waals surface area contributed by atoms with E-state index in [0.29, 0.717) is 12.6 Å². The number of carbonyl (C=O) groups excluding carboxylic acids is 1. The van der Waals surface area contributed by atoms with Crippen LogP contribution in [0.1, 0.15) is 31.5 Å². The fourth-order valence-corrected chi connectivity index (χ4v) is 3.29. The summed E-state index contributed by atoms with van der Waals surface area (Å²) in [5, 5.41) is 10.4. The predicted molar refractivity (Wildman–Crippen MR) is 90.5 cm³/mol. The largest absolute Gasteiger partial charge is 0.358 e. The molecule has 0 spiro atoms. The van der Waals surface area contributed by atoms with Gasteiger partial charge < -0.3 is 20.9 Å². The number of anilines is 1. The van der Waals surface area contributed by atoms with E-state index in [-0.39, 0.29) is 6.03 Å². The van der Waals surface area contributed by atoms with Crippen LogP contribution in [0.15, 0.2) is 18.2 Å². The van der Waals surface area contributed by atoms with Gasteiger partial charge in [0, 0.05) is 34.9 Å². The first-order valence-electron chi connectivity index (χ1n) is 8.13. The molecular formula is C17H24N4O. The minimum atomic E-state index is -0.156. The monoisotopic (exact) mass is 300 g/mol. The van der Waals surface area contributed by atoms with Crippen LogP contribution >= 0.6 is 0 Å². The van der Waals surface area contributed by atoms with Gasteiger partial charge in [0.25, 0.3) is 0 Å². The van der Waals surface area contributed by atoms with Gasteiger partial charge in [-0.1, -0.05) is 6.92 Å². The molecule has 5 nitrogen and oxygen atoms in total. The highest BCUT2D eigenvalue weighted by Gasteiger charge is 2.22. The number of hydrogen-bond donors (Lipinski definition) is 4. The number of aryl methyl sites for hydroxylation is 1. The van der Waals surface area contributed by atoms with Gasteiger partial charge in [-0.15, -0.1) is 0 Å². The van der Waals surface area contributed by atoms with Gasteiger partial charge in [0.15, 0.2) is 0 Å². The number of nitrogens with one attached hydrogen (secondary N) is 4. The van der Waals surface area contributed by atoms with Gasteiger partial charge in [-0.3, -0.25) is 0 Å². The quantitative estimate of drug-likeness (QED) is 0.701. The van der Waals surface area contributed by atoms with E-state index in [4.69, 9.17) is 0 Å². The summed E-state index contributed by atoms with van der Waals surface area (Å²) < 4.78 is 0. The SMILES string of the molecule is CCNC(=O)Nc1ccc2[nH]c3c(c2c1)CC(NCC)CC3. The average molecular weight is 300 g/mol. The second kappa shape index (κ2) is 6.40. The molecule has 0 aliphatic heterocycles. The fraction of sp³-hybridized carbons (Fsp3) is 0.471. The lowest BCUT2D eigenvalue weighted by Gasteiger charge is -2.23. The predicted octanol–water partition coefficient (Wildman–Crippen LogP) is 2.78. The fourth-order valence-electron chi connectivity index (χ4n) is 3.29. The second-order valence-electron chi connectivity index (χ2n) is 5.82. The number of fused-ring (bicyclic) bond motifs is 3. The Kier molecular flexibility index (Phi) is 4.34. The highest BCUT2D eigenvalue weighted by atomic mass is 16.2. The normalized spacial score (nSPS) is 17.3. The lowest BCUT2D eigenvalue weighted by atomic mass is 9.91. The number of likely N-dealkylation sites (N-methyl/N-ethyl adjacent to an activating group) is 1. The van der Waals surface area contributed by atoms with E-state index in [1.807, 2.05) is 13.0 Å². The van der Waals surface area contributed by atoms with Crippen LogP contribution in [0.4, 0.5) is 10.5 Å². The van der Waals surface area contributed by atoms with E-state index in [1.54, 1.807) is 0 Å². The third kappa shape index (κ3) is 2.95. The van der Waals surface area contributed by atoms with Crippen LogP contribution in [0.5, 0.6) is 0 Å². The van der Waals surface area contributed by atoms with Crippen molar-refractivity contribution >= 4 is 22.6 Å². The molecule has 2 amide bonds. The van der Waals surface area contributed by atoms with Crippen LogP contribution in [0.3, 0.4) is 0 Å². The number of benzene rings is 1. The Morgan fingerprint density at radius 3 is 2.95 bits per heavy atom. The molecule has 2 aromatic rings. The lowest BCUT2D eigenvalue weighted by molar-refractivity contribution is 0.252. The number of urea groups is 1. The molecule has 1 aliphatic carbocycles. The van der Waals surface area contributed by atoms with Crippen molar-refractivity contribution < 1.29 is 4.79 Å². The first kappa shape index (κ1) is 14.9. The molecule has 5 heteroatoms. The van der Waals surface area contributed by atoms with Crippen LogP contribution in [0.25, 0.3) is 10.9 Å². The van der Waals surface area contributed by atoms with E-state index in [9.17, 15) is 4.79 Å². The van der Waals surface area contributed by atoms with Gasteiger partial charge in [0.2, 0.25) is 0 Å². The van der Waals surface area contributed by atoms with E-state index in [0.717, 1.165) is 30.6 Å². The number of rotatable bonds is 4. The van der Waals surface area contributed by atoms with Crippen molar-refractivity contribution in [3.63, 3.8) is 0 Å². The number of hydrogen-bond acceptors (Lipinski definition) is 2. The Hall–Kier alpha value is -2.01. The lowest BCUT2D eigenvalue weighted by Crippen LogP contribution is -2.34. The maximum absolute atomic E-state index is 11.7. The van der Waals surface area contributed by atoms with Gasteiger partial charge >= 0.3 is 6.03 Å². The standard InChI is InChI=1S/C17H24N4O/c1-3-18-11-5-7-15-13(9-11)14-10-12(6-8-16(14)21-15)20-17(22)19-4-2/h6,8,10-11,18,21H,3-5,7,9H2,1-2H3,(H2,19,20,22). The summed E-state index contributed by atoms with van der Waals surface area (Å²) >= 11 is 0. The van der Waals surface area contributed by atoms with Crippen molar-refractivity contribution in [3.05, 3.63) is 29.5 Å². The van der Waals surface area contributed by atoms with E-state index in [2.05, 4.69) is 40.0 Å². The summed E-state index contributed by atoms with van der Waals surface area (Å²) in [5.41, 5.74) is 4.74. The van der Waals surface area contributed by atoms with Crippen molar-refractivity contribution in [2.45, 2.75) is 39.2 Å². The molecule has 1 aliphatic rings. The highest BCUT2D eigenvalue weighted by Crippen LogP contribution is 2.31. The number of aromatic nitrogens is 1. The Bertz CT molecular complexity index is 677. The number of aromatic amines is 1. The molecule has 4 N–H and O–H groups in total. The van der Waals surface area contributed by atoms with E-state index in [1.165, 1.54) is 23.1 Å². The molecule has 0 saturated carbocycles. The van der Waals surface area contributed by atoms with Crippen molar-refractivity contribution in [1.82, 2.24) is 15.6 Å². The van der Waals surface area contributed by atoms with Crippen molar-refractivity contribution in [2.24, 2.45) is 0 Å². The first-order chi connectivity index (χ1) is 10.7. The van der Waals surface area contributed by atoms with Gasteiger partial charge in [0.05, 0.1) is 0 Å². The Balaban J connectivity index is 1.88. The molecule has 0 fully saturated rings.